The summed E-state index contributed by atoms with van der Waals surface area (Å²) in [4.78, 5) is 29.8. The number of carbonyl (C=O) groups excluding carboxylic acids is 1. The van der Waals surface area contributed by atoms with Gasteiger partial charge < -0.3 is 10.4 Å². The average molecular weight is 347 g/mol. The molecule has 0 saturated heterocycles. The van der Waals surface area contributed by atoms with Crippen molar-refractivity contribution < 1.29 is 9.90 Å². The van der Waals surface area contributed by atoms with Crippen molar-refractivity contribution in [3.05, 3.63) is 70.3 Å². The van der Waals surface area contributed by atoms with E-state index < -0.39 is 0 Å². The Hall–Kier alpha value is -3.25. The van der Waals surface area contributed by atoms with Crippen molar-refractivity contribution in [3.8, 4) is 0 Å². The van der Waals surface area contributed by atoms with E-state index in [1.807, 2.05) is 30.3 Å². The Kier molecular flexibility index (Phi) is 4.10. The van der Waals surface area contributed by atoms with E-state index in [-0.39, 0.29) is 18.1 Å². The maximum Gasteiger partial charge on any atom is 0.261 e. The molecular formula is C20H17N3O3. The minimum atomic E-state index is -0.220. The van der Waals surface area contributed by atoms with Crippen molar-refractivity contribution in [1.29, 1.82) is 0 Å². The van der Waals surface area contributed by atoms with Crippen LogP contribution in [-0.4, -0.2) is 27.2 Å². The van der Waals surface area contributed by atoms with Gasteiger partial charge in [0.05, 0.1) is 16.5 Å². The van der Waals surface area contributed by atoms with E-state index in [1.54, 1.807) is 24.3 Å². The van der Waals surface area contributed by atoms with Crippen LogP contribution >= 0.6 is 0 Å². The molecule has 2 aromatic carbocycles. The summed E-state index contributed by atoms with van der Waals surface area (Å²) >= 11 is 0. The molecular weight excluding hydrogens is 330 g/mol. The fourth-order valence-corrected chi connectivity index (χ4v) is 3.15. The molecule has 1 aliphatic rings. The maximum absolute atomic E-state index is 12.9. The largest absolute Gasteiger partial charge is 0.396 e. The third-order valence-electron chi connectivity index (χ3n) is 4.41. The van der Waals surface area contributed by atoms with Gasteiger partial charge in [-0.05, 0) is 30.7 Å². The van der Waals surface area contributed by atoms with E-state index in [0.29, 0.717) is 35.3 Å². The van der Waals surface area contributed by atoms with Gasteiger partial charge in [-0.15, -0.1) is 0 Å². The number of aliphatic hydroxyl groups excluding tert-OH is 1. The highest BCUT2D eigenvalue weighted by Gasteiger charge is 2.24. The molecule has 0 saturated carbocycles. The van der Waals surface area contributed by atoms with Gasteiger partial charge in [0, 0.05) is 24.4 Å². The summed E-state index contributed by atoms with van der Waals surface area (Å²) < 4.78 is 1.51. The number of fused-ring (bicyclic) bond motifs is 2. The number of para-hydroxylation sites is 2. The lowest BCUT2D eigenvalue weighted by Crippen LogP contribution is -2.24. The number of anilines is 1. The second-order valence-electron chi connectivity index (χ2n) is 6.08. The van der Waals surface area contributed by atoms with Crippen molar-refractivity contribution in [1.82, 2.24) is 9.55 Å². The number of hydrogen-bond donors (Lipinski definition) is 2. The van der Waals surface area contributed by atoms with Crippen LogP contribution in [0.1, 0.15) is 17.8 Å². The fourth-order valence-electron chi connectivity index (χ4n) is 3.15. The number of nitrogens with zero attached hydrogens (tertiary/aromatic N) is 2. The predicted octanol–water partition coefficient (Wildman–Crippen LogP) is 2.27. The molecule has 0 aliphatic carbocycles. The number of hydrogen-bond acceptors (Lipinski definition) is 4. The molecule has 0 bridgehead atoms. The molecule has 1 aliphatic heterocycles. The summed E-state index contributed by atoms with van der Waals surface area (Å²) in [5.74, 6) is 0.186. The molecule has 0 radical (unpaired) electrons. The number of carbonyl (C=O) groups is 1. The molecule has 26 heavy (non-hydrogen) atoms. The first-order valence-electron chi connectivity index (χ1n) is 8.42. The Morgan fingerprint density at radius 2 is 1.85 bits per heavy atom. The van der Waals surface area contributed by atoms with E-state index in [0.717, 1.165) is 11.3 Å². The SMILES string of the molecule is O=C1Nc2ccccc2C1=Cc1nc2ccccc2c(=O)n1CCCO. The van der Waals surface area contributed by atoms with Crippen molar-refractivity contribution >= 4 is 34.1 Å². The molecule has 0 unspecified atom stereocenters. The lowest BCUT2D eigenvalue weighted by Gasteiger charge is -2.11. The normalized spacial score (nSPS) is 14.7. The van der Waals surface area contributed by atoms with Crippen molar-refractivity contribution in [2.45, 2.75) is 13.0 Å². The number of rotatable bonds is 4. The van der Waals surface area contributed by atoms with Gasteiger partial charge in [-0.1, -0.05) is 30.3 Å². The second-order valence-corrected chi connectivity index (χ2v) is 6.08. The highest BCUT2D eigenvalue weighted by atomic mass is 16.3. The summed E-state index contributed by atoms with van der Waals surface area (Å²) in [5, 5.41) is 12.5. The Morgan fingerprint density at radius 1 is 1.08 bits per heavy atom. The maximum atomic E-state index is 12.9. The lowest BCUT2D eigenvalue weighted by molar-refractivity contribution is -0.110. The first-order valence-corrected chi connectivity index (χ1v) is 8.42. The van der Waals surface area contributed by atoms with Crippen LogP contribution in [0, 0.1) is 0 Å². The van der Waals surface area contributed by atoms with Gasteiger partial charge in [0.1, 0.15) is 5.82 Å². The van der Waals surface area contributed by atoms with E-state index in [4.69, 9.17) is 5.11 Å². The number of aliphatic hydroxyl groups is 1. The van der Waals surface area contributed by atoms with Gasteiger partial charge in [-0.25, -0.2) is 4.98 Å². The summed E-state index contributed by atoms with van der Waals surface area (Å²) in [6.45, 7) is 0.300. The minimum Gasteiger partial charge on any atom is -0.396 e. The van der Waals surface area contributed by atoms with Gasteiger partial charge >= 0.3 is 0 Å². The Balaban J connectivity index is 1.93. The first-order chi connectivity index (χ1) is 12.7. The van der Waals surface area contributed by atoms with Crippen LogP contribution in [0.2, 0.25) is 0 Å². The van der Waals surface area contributed by atoms with E-state index >= 15 is 0 Å². The molecule has 0 spiro atoms. The minimum absolute atomic E-state index is 0.0292. The van der Waals surface area contributed by atoms with Crippen molar-refractivity contribution in [2.75, 3.05) is 11.9 Å². The highest BCUT2D eigenvalue weighted by Crippen LogP contribution is 2.32. The molecule has 130 valence electrons. The number of aromatic nitrogens is 2. The standard InChI is InChI=1S/C20H17N3O3/c24-11-5-10-23-18(21-17-9-4-2-7-14(17)20(23)26)12-15-13-6-1-3-8-16(13)22-19(15)25/h1-4,6-9,12,24H,5,10-11H2,(H,22,25). The van der Waals surface area contributed by atoms with Crippen molar-refractivity contribution in [2.24, 2.45) is 0 Å². The van der Waals surface area contributed by atoms with Crippen LogP contribution in [0.25, 0.3) is 22.6 Å². The van der Waals surface area contributed by atoms with Crippen LogP contribution in [0.3, 0.4) is 0 Å². The predicted molar refractivity (Wildman–Crippen MR) is 101 cm³/mol. The van der Waals surface area contributed by atoms with E-state index in [1.165, 1.54) is 4.57 Å². The molecule has 2 heterocycles. The highest BCUT2D eigenvalue weighted by molar-refractivity contribution is 6.34. The molecule has 2 N–H and O–H groups in total. The lowest BCUT2D eigenvalue weighted by atomic mass is 10.1. The molecule has 1 aromatic heterocycles. The number of nitrogens with one attached hydrogen (secondary N) is 1. The van der Waals surface area contributed by atoms with Crippen molar-refractivity contribution in [3.63, 3.8) is 0 Å². The number of benzene rings is 2. The molecule has 0 atom stereocenters. The number of amides is 1. The Morgan fingerprint density at radius 3 is 2.69 bits per heavy atom. The van der Waals surface area contributed by atoms with E-state index in [2.05, 4.69) is 10.3 Å². The zero-order chi connectivity index (χ0) is 18.1. The smallest absolute Gasteiger partial charge is 0.261 e. The van der Waals surface area contributed by atoms with Gasteiger partial charge in [0.25, 0.3) is 11.5 Å². The van der Waals surface area contributed by atoms with Crippen LogP contribution in [0.5, 0.6) is 0 Å². The summed E-state index contributed by atoms with van der Waals surface area (Å²) in [7, 11) is 0. The van der Waals surface area contributed by atoms with Gasteiger partial charge in [0.15, 0.2) is 0 Å². The molecule has 3 aromatic rings. The average Bonchev–Trinajstić information content (AvgIpc) is 2.97. The van der Waals surface area contributed by atoms with Gasteiger partial charge in [-0.3, -0.25) is 14.2 Å². The second kappa shape index (κ2) is 6.57. The van der Waals surface area contributed by atoms with Crippen LogP contribution in [0.4, 0.5) is 5.69 Å². The Bertz CT molecular complexity index is 1100. The van der Waals surface area contributed by atoms with E-state index in [9.17, 15) is 9.59 Å². The zero-order valence-electron chi connectivity index (χ0n) is 14.0. The zero-order valence-corrected chi connectivity index (χ0v) is 14.0. The van der Waals surface area contributed by atoms with Crippen LogP contribution < -0.4 is 10.9 Å². The topological polar surface area (TPSA) is 84.2 Å². The van der Waals surface area contributed by atoms with Gasteiger partial charge in [0.2, 0.25) is 0 Å². The Labute approximate surface area is 149 Å². The summed E-state index contributed by atoms with van der Waals surface area (Å²) in [6, 6.07) is 14.5. The fraction of sp³-hybridized carbons (Fsp3) is 0.150. The summed E-state index contributed by atoms with van der Waals surface area (Å²) in [5.41, 5.74) is 2.40. The summed E-state index contributed by atoms with van der Waals surface area (Å²) in [6.07, 6.45) is 2.07. The molecule has 1 amide bonds. The molecule has 0 fully saturated rings. The van der Waals surface area contributed by atoms with Crippen LogP contribution in [-0.2, 0) is 11.3 Å². The quantitative estimate of drug-likeness (QED) is 0.709. The first kappa shape index (κ1) is 16.2. The molecule has 4 rings (SSSR count). The third-order valence-corrected chi connectivity index (χ3v) is 4.41. The van der Waals surface area contributed by atoms with Crippen LogP contribution in [0.15, 0.2) is 53.3 Å². The third kappa shape index (κ3) is 2.70. The molecule has 6 nitrogen and oxygen atoms in total. The van der Waals surface area contributed by atoms with Gasteiger partial charge in [-0.2, -0.15) is 0 Å². The monoisotopic (exact) mass is 347 g/mol. The molecule has 6 heteroatoms.